The van der Waals surface area contributed by atoms with Gasteiger partial charge in [0, 0.05) is 6.42 Å². The van der Waals surface area contributed by atoms with E-state index in [0.717, 1.165) is 19.3 Å². The third-order valence-corrected chi connectivity index (χ3v) is 3.75. The smallest absolute Gasteiger partial charge is 0.220 e. The Hall–Kier alpha value is -0.0900. The molecule has 0 aromatic carbocycles. The summed E-state index contributed by atoms with van der Waals surface area (Å²) in [6, 6.07) is 0. The van der Waals surface area contributed by atoms with E-state index in [9.17, 15) is 4.79 Å². The van der Waals surface area contributed by atoms with E-state index >= 15 is 0 Å². The van der Waals surface area contributed by atoms with Crippen molar-refractivity contribution >= 4 is 34.1 Å². The molecule has 1 aliphatic carbocycles. The fourth-order valence-corrected chi connectivity index (χ4v) is 2.94. The SMILES string of the molecule is CCOC(=S)S[C@H]1CCCCCC1=O. The van der Waals surface area contributed by atoms with Gasteiger partial charge in [0.25, 0.3) is 0 Å². The van der Waals surface area contributed by atoms with E-state index in [1.54, 1.807) is 0 Å². The van der Waals surface area contributed by atoms with E-state index in [1.165, 1.54) is 18.2 Å². The van der Waals surface area contributed by atoms with Gasteiger partial charge < -0.3 is 4.74 Å². The van der Waals surface area contributed by atoms with Crippen LogP contribution in [0.2, 0.25) is 0 Å². The highest BCUT2D eigenvalue weighted by atomic mass is 32.2. The normalized spacial score (nSPS) is 22.9. The summed E-state index contributed by atoms with van der Waals surface area (Å²) < 4.78 is 5.70. The van der Waals surface area contributed by atoms with Crippen LogP contribution in [0.15, 0.2) is 0 Å². The predicted octanol–water partition coefficient (Wildman–Crippen LogP) is 2.94. The monoisotopic (exact) mass is 232 g/mol. The molecule has 0 heterocycles. The predicted molar refractivity (Wildman–Crippen MR) is 63.7 cm³/mol. The molecule has 1 saturated carbocycles. The second-order valence-corrected chi connectivity index (χ2v) is 5.16. The summed E-state index contributed by atoms with van der Waals surface area (Å²) in [7, 11) is 0. The van der Waals surface area contributed by atoms with Crippen molar-refractivity contribution < 1.29 is 9.53 Å². The van der Waals surface area contributed by atoms with Gasteiger partial charge in [0.15, 0.2) is 0 Å². The van der Waals surface area contributed by atoms with Crippen LogP contribution in [0, 0.1) is 0 Å². The molecule has 0 amide bonds. The standard InChI is InChI=1S/C10H16O2S2/c1-2-12-10(13)14-9-7-5-3-4-6-8(9)11/h9H,2-7H2,1H3/t9-/m0/s1. The Bertz CT molecular complexity index is 216. The highest BCUT2D eigenvalue weighted by Crippen LogP contribution is 2.26. The van der Waals surface area contributed by atoms with Crippen molar-refractivity contribution in [3.8, 4) is 0 Å². The van der Waals surface area contributed by atoms with Gasteiger partial charge in [-0.2, -0.15) is 0 Å². The second kappa shape index (κ2) is 6.40. The zero-order valence-electron chi connectivity index (χ0n) is 8.45. The fraction of sp³-hybridized carbons (Fsp3) is 0.800. The number of rotatable bonds is 2. The zero-order valence-corrected chi connectivity index (χ0v) is 10.1. The molecule has 80 valence electrons. The second-order valence-electron chi connectivity index (χ2n) is 3.36. The van der Waals surface area contributed by atoms with E-state index in [0.29, 0.717) is 23.2 Å². The van der Waals surface area contributed by atoms with Crippen LogP contribution in [0.5, 0.6) is 0 Å². The minimum absolute atomic E-state index is 0.0524. The van der Waals surface area contributed by atoms with Gasteiger partial charge in [-0.05, 0) is 32.0 Å². The number of thiocarbonyl (C=S) groups is 1. The maximum Gasteiger partial charge on any atom is 0.220 e. The van der Waals surface area contributed by atoms with Crippen molar-refractivity contribution in [3.63, 3.8) is 0 Å². The molecule has 0 N–H and O–H groups in total. The van der Waals surface area contributed by atoms with Crippen LogP contribution in [0.25, 0.3) is 0 Å². The van der Waals surface area contributed by atoms with Gasteiger partial charge in [-0.1, -0.05) is 24.6 Å². The van der Waals surface area contributed by atoms with Gasteiger partial charge in [0.2, 0.25) is 4.38 Å². The van der Waals surface area contributed by atoms with E-state index < -0.39 is 0 Å². The van der Waals surface area contributed by atoms with Crippen molar-refractivity contribution in [2.45, 2.75) is 44.3 Å². The third kappa shape index (κ3) is 3.96. The first-order valence-corrected chi connectivity index (χ1v) is 6.39. The molecule has 0 unspecified atom stereocenters. The largest absolute Gasteiger partial charge is 0.479 e. The highest BCUT2D eigenvalue weighted by molar-refractivity contribution is 8.23. The van der Waals surface area contributed by atoms with Crippen LogP contribution in [0.4, 0.5) is 0 Å². The van der Waals surface area contributed by atoms with E-state index in [2.05, 4.69) is 0 Å². The number of carbonyl (C=O) groups is 1. The topological polar surface area (TPSA) is 26.3 Å². The molecule has 0 aromatic heterocycles. The number of thioether (sulfide) groups is 1. The lowest BCUT2D eigenvalue weighted by Gasteiger charge is -2.12. The van der Waals surface area contributed by atoms with Gasteiger partial charge in [-0.15, -0.1) is 0 Å². The van der Waals surface area contributed by atoms with Crippen LogP contribution >= 0.6 is 24.0 Å². The Kier molecular flexibility index (Phi) is 5.48. The Morgan fingerprint density at radius 1 is 1.57 bits per heavy atom. The maximum absolute atomic E-state index is 11.6. The summed E-state index contributed by atoms with van der Waals surface area (Å²) in [6.45, 7) is 2.49. The molecular weight excluding hydrogens is 216 g/mol. The average Bonchev–Trinajstić information content (AvgIpc) is 2.33. The van der Waals surface area contributed by atoms with Crippen LogP contribution in [-0.4, -0.2) is 22.0 Å². The summed E-state index contributed by atoms with van der Waals surface area (Å²) >= 11 is 6.45. The van der Waals surface area contributed by atoms with Crippen molar-refractivity contribution in [1.29, 1.82) is 0 Å². The molecular formula is C10H16O2S2. The van der Waals surface area contributed by atoms with Crippen LogP contribution in [-0.2, 0) is 9.53 Å². The number of carbonyl (C=O) groups excluding carboxylic acids is 1. The van der Waals surface area contributed by atoms with Crippen molar-refractivity contribution in [3.05, 3.63) is 0 Å². The lowest BCUT2D eigenvalue weighted by molar-refractivity contribution is -0.118. The summed E-state index contributed by atoms with van der Waals surface area (Å²) in [5, 5.41) is 0.0524. The molecule has 1 atom stereocenters. The zero-order chi connectivity index (χ0) is 10.4. The first kappa shape index (κ1) is 12.0. The quantitative estimate of drug-likeness (QED) is 0.540. The minimum Gasteiger partial charge on any atom is -0.479 e. The van der Waals surface area contributed by atoms with Gasteiger partial charge >= 0.3 is 0 Å². The van der Waals surface area contributed by atoms with E-state index in [-0.39, 0.29) is 5.25 Å². The van der Waals surface area contributed by atoms with E-state index in [4.69, 9.17) is 17.0 Å². The van der Waals surface area contributed by atoms with Gasteiger partial charge in [0.05, 0.1) is 11.9 Å². The van der Waals surface area contributed by atoms with Crippen LogP contribution in [0.1, 0.15) is 39.0 Å². The lowest BCUT2D eigenvalue weighted by atomic mass is 10.2. The van der Waals surface area contributed by atoms with Crippen LogP contribution in [0.3, 0.4) is 0 Å². The van der Waals surface area contributed by atoms with Gasteiger partial charge in [0.1, 0.15) is 5.78 Å². The average molecular weight is 232 g/mol. The summed E-state index contributed by atoms with van der Waals surface area (Å²) in [6.07, 6.45) is 5.02. The minimum atomic E-state index is 0.0524. The summed E-state index contributed by atoms with van der Waals surface area (Å²) in [4.78, 5) is 11.6. The number of ether oxygens (including phenoxy) is 1. The van der Waals surface area contributed by atoms with Crippen molar-refractivity contribution in [2.24, 2.45) is 0 Å². The Balaban J connectivity index is 2.40. The number of Topliss-reactive ketones (excluding diaryl/α,β-unsaturated/α-hetero) is 1. The molecule has 1 fully saturated rings. The highest BCUT2D eigenvalue weighted by Gasteiger charge is 2.22. The van der Waals surface area contributed by atoms with Crippen molar-refractivity contribution in [2.75, 3.05) is 6.61 Å². The molecule has 0 aliphatic heterocycles. The molecule has 0 saturated heterocycles. The molecule has 0 aromatic rings. The first-order valence-electron chi connectivity index (χ1n) is 5.10. The maximum atomic E-state index is 11.6. The van der Waals surface area contributed by atoms with Crippen LogP contribution < -0.4 is 0 Å². The molecule has 0 radical (unpaired) electrons. The summed E-state index contributed by atoms with van der Waals surface area (Å²) in [5.74, 6) is 0.342. The Morgan fingerprint density at radius 2 is 2.36 bits per heavy atom. The molecule has 0 bridgehead atoms. The first-order chi connectivity index (χ1) is 6.74. The third-order valence-electron chi connectivity index (χ3n) is 2.25. The van der Waals surface area contributed by atoms with Crippen molar-refractivity contribution in [1.82, 2.24) is 0 Å². The fourth-order valence-electron chi connectivity index (χ4n) is 1.52. The Labute approximate surface area is 94.8 Å². The number of hydrogen-bond donors (Lipinski definition) is 0. The Morgan fingerprint density at radius 3 is 3.07 bits per heavy atom. The van der Waals surface area contributed by atoms with E-state index in [1.807, 2.05) is 6.92 Å². The molecule has 2 nitrogen and oxygen atoms in total. The molecule has 1 aliphatic rings. The number of hydrogen-bond acceptors (Lipinski definition) is 4. The summed E-state index contributed by atoms with van der Waals surface area (Å²) in [5.41, 5.74) is 0. The lowest BCUT2D eigenvalue weighted by Crippen LogP contribution is -2.17. The molecule has 0 spiro atoms. The molecule has 14 heavy (non-hydrogen) atoms. The molecule has 4 heteroatoms. The van der Waals surface area contributed by atoms with Gasteiger partial charge in [-0.3, -0.25) is 4.79 Å². The number of ketones is 1. The van der Waals surface area contributed by atoms with Gasteiger partial charge in [-0.25, -0.2) is 0 Å². The molecule has 1 rings (SSSR count).